The summed E-state index contributed by atoms with van der Waals surface area (Å²) in [6.07, 6.45) is 2.99. The monoisotopic (exact) mass is 634 g/mol. The Kier molecular flexibility index (Phi) is 10.5. The summed E-state index contributed by atoms with van der Waals surface area (Å²) in [5, 5.41) is 71.0. The van der Waals surface area contributed by atoms with Crippen molar-refractivity contribution in [2.75, 3.05) is 19.8 Å². The van der Waals surface area contributed by atoms with Gasteiger partial charge in [0.25, 0.3) is 0 Å². The largest absolute Gasteiger partial charge is 0.396 e. The second-order valence-electron chi connectivity index (χ2n) is 15.0. The van der Waals surface area contributed by atoms with Gasteiger partial charge in [-0.2, -0.15) is 0 Å². The number of ketones is 1. The van der Waals surface area contributed by atoms with E-state index in [0.29, 0.717) is 25.7 Å². The molecule has 0 amide bonds. The Morgan fingerprint density at radius 3 is 2.47 bits per heavy atom. The van der Waals surface area contributed by atoms with Gasteiger partial charge in [-0.15, -0.1) is 0 Å². The van der Waals surface area contributed by atoms with Crippen molar-refractivity contribution in [1.29, 1.82) is 0 Å². The summed E-state index contributed by atoms with van der Waals surface area (Å²) in [5.74, 6) is 0.00535. The highest BCUT2D eigenvalue weighted by molar-refractivity contribution is 5.96. The van der Waals surface area contributed by atoms with Crippen LogP contribution in [0.3, 0.4) is 0 Å². The van der Waals surface area contributed by atoms with Gasteiger partial charge < -0.3 is 45.2 Å². The molecule has 5 aliphatic rings. The van der Waals surface area contributed by atoms with E-state index >= 15 is 0 Å². The standard InChI is InChI=1S/C35H54O10/c1-18(5-6-20(9-12-36)19(2)16-37)29-27(40)15-24-22-14-26(39)25-13-21(7-10-34(25,3)23(22)8-11-35(24,29)4)44-33-32(43)31(42)30(41)28(17-38)45-33/h8-9,14,18-19,21,24-25,27-33,36-38,40-43H,5-7,10-13,15-17H2,1-4H3. The summed E-state index contributed by atoms with van der Waals surface area (Å²) in [6.45, 7) is 8.00. The average molecular weight is 635 g/mol. The molecule has 4 aliphatic carbocycles. The summed E-state index contributed by atoms with van der Waals surface area (Å²) in [4.78, 5) is 13.8. The Balaban J connectivity index is 1.31. The Labute approximate surface area is 266 Å². The summed E-state index contributed by atoms with van der Waals surface area (Å²) in [7, 11) is 0. The lowest BCUT2D eigenvalue weighted by molar-refractivity contribution is -0.314. The van der Waals surface area contributed by atoms with Crippen molar-refractivity contribution in [3.63, 3.8) is 0 Å². The highest BCUT2D eigenvalue weighted by Gasteiger charge is 2.60. The normalized spacial score (nSPS) is 44.8. The fourth-order valence-corrected chi connectivity index (χ4v) is 9.62. The van der Waals surface area contributed by atoms with Gasteiger partial charge in [0.2, 0.25) is 0 Å². The van der Waals surface area contributed by atoms with Gasteiger partial charge >= 0.3 is 0 Å². The molecule has 2 saturated carbocycles. The summed E-state index contributed by atoms with van der Waals surface area (Å²) < 4.78 is 11.7. The number of allylic oxidation sites excluding steroid dienone is 4. The number of carbonyl (C=O) groups excluding carboxylic acids is 1. The number of hydrogen-bond donors (Lipinski definition) is 7. The molecule has 10 nitrogen and oxygen atoms in total. The Morgan fingerprint density at radius 2 is 1.80 bits per heavy atom. The minimum atomic E-state index is -1.52. The average Bonchev–Trinajstić information content (AvgIpc) is 3.29. The highest BCUT2D eigenvalue weighted by atomic mass is 16.7. The molecule has 0 aromatic heterocycles. The van der Waals surface area contributed by atoms with E-state index < -0.39 is 54.9 Å². The smallest absolute Gasteiger partial charge is 0.186 e. The molecule has 1 heterocycles. The second kappa shape index (κ2) is 13.6. The van der Waals surface area contributed by atoms with Crippen LogP contribution in [0.15, 0.2) is 34.9 Å². The van der Waals surface area contributed by atoms with Crippen LogP contribution >= 0.6 is 0 Å². The van der Waals surface area contributed by atoms with E-state index in [4.69, 9.17) is 9.47 Å². The predicted octanol–water partition coefficient (Wildman–Crippen LogP) is 1.78. The van der Waals surface area contributed by atoms with Crippen molar-refractivity contribution < 1.29 is 50.0 Å². The lowest BCUT2D eigenvalue weighted by Crippen LogP contribution is -2.60. The zero-order valence-corrected chi connectivity index (χ0v) is 27.1. The highest BCUT2D eigenvalue weighted by Crippen LogP contribution is 2.64. The van der Waals surface area contributed by atoms with E-state index in [9.17, 15) is 40.5 Å². The molecule has 3 fully saturated rings. The molecular weight excluding hydrogens is 580 g/mol. The van der Waals surface area contributed by atoms with E-state index in [-0.39, 0.29) is 54.0 Å². The fraction of sp³-hybridized carbons (Fsp3) is 0.800. The first-order valence-corrected chi connectivity index (χ1v) is 16.8. The van der Waals surface area contributed by atoms with Crippen molar-refractivity contribution in [3.8, 4) is 0 Å². The molecule has 45 heavy (non-hydrogen) atoms. The fourth-order valence-electron chi connectivity index (χ4n) is 9.62. The Bertz CT molecular complexity index is 1180. The van der Waals surface area contributed by atoms with Crippen LogP contribution in [-0.2, 0) is 14.3 Å². The van der Waals surface area contributed by atoms with Crippen LogP contribution in [0.2, 0.25) is 0 Å². The minimum absolute atomic E-state index is 0.0221. The molecule has 10 heteroatoms. The molecule has 1 saturated heterocycles. The van der Waals surface area contributed by atoms with Crippen LogP contribution in [-0.4, -0.2) is 104 Å². The molecule has 1 aliphatic heterocycles. The molecule has 0 radical (unpaired) electrons. The third-order valence-corrected chi connectivity index (χ3v) is 12.3. The quantitative estimate of drug-likeness (QED) is 0.175. The lowest BCUT2D eigenvalue weighted by atomic mass is 9.51. The van der Waals surface area contributed by atoms with Crippen LogP contribution < -0.4 is 0 Å². The molecule has 0 aromatic carbocycles. The van der Waals surface area contributed by atoms with Crippen molar-refractivity contribution in [3.05, 3.63) is 34.9 Å². The van der Waals surface area contributed by atoms with Gasteiger partial charge in [0.1, 0.15) is 24.4 Å². The van der Waals surface area contributed by atoms with E-state index in [1.54, 1.807) is 12.2 Å². The maximum Gasteiger partial charge on any atom is 0.186 e. The summed E-state index contributed by atoms with van der Waals surface area (Å²) in [6, 6.07) is 0. The zero-order chi connectivity index (χ0) is 32.8. The third kappa shape index (κ3) is 6.16. The maximum atomic E-state index is 13.8. The van der Waals surface area contributed by atoms with Gasteiger partial charge in [0.05, 0.1) is 25.4 Å². The summed E-state index contributed by atoms with van der Waals surface area (Å²) >= 11 is 0. The molecule has 5 rings (SSSR count). The van der Waals surface area contributed by atoms with Crippen LogP contribution in [0.4, 0.5) is 0 Å². The first kappa shape index (κ1) is 34.9. The Hall–Kier alpha value is -1.47. The predicted molar refractivity (Wildman–Crippen MR) is 165 cm³/mol. The van der Waals surface area contributed by atoms with Gasteiger partial charge in [0.15, 0.2) is 12.1 Å². The summed E-state index contributed by atoms with van der Waals surface area (Å²) in [5.41, 5.74) is 2.70. The molecule has 0 bridgehead atoms. The number of hydrogen-bond acceptors (Lipinski definition) is 10. The zero-order valence-electron chi connectivity index (χ0n) is 27.1. The molecular formula is C35H54O10. The SMILES string of the molecule is CC(CO)C(=CCO)CCC(C)C1C(O)CC2C3=CC(=O)C4CC(OC5OC(CO)C(O)C(O)C5O)CCC4(C)C3=CCC21C. The van der Waals surface area contributed by atoms with Crippen molar-refractivity contribution in [2.45, 2.75) is 116 Å². The van der Waals surface area contributed by atoms with E-state index in [1.165, 1.54) is 5.57 Å². The van der Waals surface area contributed by atoms with E-state index in [0.717, 1.165) is 30.4 Å². The van der Waals surface area contributed by atoms with Crippen LogP contribution in [0.5, 0.6) is 0 Å². The molecule has 7 N–H and O–H groups in total. The van der Waals surface area contributed by atoms with Gasteiger partial charge in [-0.1, -0.05) is 45.4 Å². The first-order chi connectivity index (χ1) is 21.3. The van der Waals surface area contributed by atoms with Gasteiger partial charge in [-0.05, 0) is 85.3 Å². The molecule has 0 aromatic rings. The van der Waals surface area contributed by atoms with E-state index in [2.05, 4.69) is 26.8 Å². The lowest BCUT2D eigenvalue weighted by Gasteiger charge is -2.53. The second-order valence-corrected chi connectivity index (χ2v) is 15.0. The van der Waals surface area contributed by atoms with Crippen LogP contribution in [0.25, 0.3) is 0 Å². The molecule has 14 atom stereocenters. The van der Waals surface area contributed by atoms with Crippen LogP contribution in [0.1, 0.15) is 72.6 Å². The van der Waals surface area contributed by atoms with Gasteiger partial charge in [-0.3, -0.25) is 4.79 Å². The number of aliphatic hydroxyl groups excluding tert-OH is 7. The van der Waals surface area contributed by atoms with Gasteiger partial charge in [-0.25, -0.2) is 0 Å². The first-order valence-electron chi connectivity index (χ1n) is 16.8. The van der Waals surface area contributed by atoms with Crippen molar-refractivity contribution in [1.82, 2.24) is 0 Å². The minimum Gasteiger partial charge on any atom is -0.396 e. The van der Waals surface area contributed by atoms with Crippen LogP contribution in [0, 0.1) is 40.4 Å². The van der Waals surface area contributed by atoms with Crippen molar-refractivity contribution >= 4 is 5.78 Å². The van der Waals surface area contributed by atoms with Crippen molar-refractivity contribution in [2.24, 2.45) is 40.4 Å². The number of fused-ring (bicyclic) bond motifs is 5. The number of rotatable bonds is 10. The number of carbonyl (C=O) groups is 1. The molecule has 14 unspecified atom stereocenters. The number of aliphatic hydroxyl groups is 7. The Morgan fingerprint density at radius 1 is 1.07 bits per heavy atom. The molecule has 0 spiro atoms. The number of ether oxygens (including phenoxy) is 2. The van der Waals surface area contributed by atoms with E-state index in [1.807, 2.05) is 6.92 Å². The van der Waals surface area contributed by atoms with Gasteiger partial charge in [0, 0.05) is 23.9 Å². The third-order valence-electron chi connectivity index (χ3n) is 12.3. The maximum absolute atomic E-state index is 13.8. The topological polar surface area (TPSA) is 177 Å². The molecule has 254 valence electrons.